The summed E-state index contributed by atoms with van der Waals surface area (Å²) in [5.74, 6) is 1.21. The molecule has 0 fully saturated rings. The Morgan fingerprint density at radius 2 is 1.70 bits per heavy atom. The largest absolute Gasteiger partial charge is 0.494 e. The fraction of sp³-hybridized carbons (Fsp3) is 0.208. The van der Waals surface area contributed by atoms with Gasteiger partial charge in [-0.05, 0) is 62.4 Å². The van der Waals surface area contributed by atoms with Crippen LogP contribution >= 0.6 is 0 Å². The Balaban J connectivity index is 1.61. The predicted molar refractivity (Wildman–Crippen MR) is 125 cm³/mol. The van der Waals surface area contributed by atoms with Gasteiger partial charge in [-0.15, -0.1) is 0 Å². The van der Waals surface area contributed by atoms with E-state index >= 15 is 0 Å². The van der Waals surface area contributed by atoms with Gasteiger partial charge in [-0.3, -0.25) is 9.10 Å². The quantitative estimate of drug-likeness (QED) is 0.538. The first-order chi connectivity index (χ1) is 15.9. The fourth-order valence-corrected chi connectivity index (χ4v) is 4.75. The van der Waals surface area contributed by atoms with Crippen LogP contribution in [0.2, 0.25) is 0 Å². The Hall–Kier alpha value is -3.72. The van der Waals surface area contributed by atoms with Crippen LogP contribution in [0.25, 0.3) is 0 Å². The second-order valence-corrected chi connectivity index (χ2v) is 9.23. The zero-order chi connectivity index (χ0) is 23.4. The molecule has 1 heterocycles. The summed E-state index contributed by atoms with van der Waals surface area (Å²) < 4.78 is 44.1. The highest BCUT2D eigenvalue weighted by Crippen LogP contribution is 2.34. The third-order valence-electron chi connectivity index (χ3n) is 4.99. The second-order valence-electron chi connectivity index (χ2n) is 7.37. The normalized spacial score (nSPS) is 12.3. The Morgan fingerprint density at radius 3 is 2.39 bits per heavy atom. The molecule has 8 nitrogen and oxygen atoms in total. The molecule has 0 saturated carbocycles. The SMILES string of the molecule is CCOc1ccc(N(CC(=O)Nc2ccc3c(c2)OCO3)S(=O)(=O)c2ccc(C)cc2)cc1. The summed E-state index contributed by atoms with van der Waals surface area (Å²) in [7, 11) is -4.01. The highest BCUT2D eigenvalue weighted by Gasteiger charge is 2.27. The lowest BCUT2D eigenvalue weighted by molar-refractivity contribution is -0.114. The summed E-state index contributed by atoms with van der Waals surface area (Å²) in [4.78, 5) is 13.0. The molecule has 0 spiro atoms. The van der Waals surface area contributed by atoms with Gasteiger partial charge in [0, 0.05) is 11.8 Å². The van der Waals surface area contributed by atoms with Crippen molar-refractivity contribution >= 4 is 27.3 Å². The van der Waals surface area contributed by atoms with Crippen molar-refractivity contribution in [1.29, 1.82) is 0 Å². The third-order valence-corrected chi connectivity index (χ3v) is 6.78. The summed E-state index contributed by atoms with van der Waals surface area (Å²) in [6.07, 6.45) is 0. The van der Waals surface area contributed by atoms with E-state index in [4.69, 9.17) is 14.2 Å². The highest BCUT2D eigenvalue weighted by atomic mass is 32.2. The Labute approximate surface area is 192 Å². The molecule has 3 aromatic carbocycles. The molecule has 0 atom stereocenters. The van der Waals surface area contributed by atoms with E-state index in [1.54, 1.807) is 54.6 Å². The molecule has 1 aliphatic heterocycles. The summed E-state index contributed by atoms with van der Waals surface area (Å²) in [5, 5.41) is 2.73. The van der Waals surface area contributed by atoms with Crippen molar-refractivity contribution in [3.05, 3.63) is 72.3 Å². The average Bonchev–Trinajstić information content (AvgIpc) is 3.26. The van der Waals surface area contributed by atoms with E-state index in [1.165, 1.54) is 12.1 Å². The van der Waals surface area contributed by atoms with Crippen LogP contribution in [-0.2, 0) is 14.8 Å². The maximum Gasteiger partial charge on any atom is 0.264 e. The number of hydrogen-bond donors (Lipinski definition) is 1. The van der Waals surface area contributed by atoms with E-state index in [1.807, 2.05) is 13.8 Å². The standard InChI is InChI=1S/C24H24N2O6S/c1-3-30-20-9-7-19(8-10-20)26(33(28,29)21-11-4-17(2)5-12-21)15-24(27)25-18-6-13-22-23(14-18)32-16-31-22/h4-14H,3,15-16H2,1-2H3,(H,25,27). The van der Waals surface area contributed by atoms with Crippen LogP contribution in [0.15, 0.2) is 71.6 Å². The van der Waals surface area contributed by atoms with Gasteiger partial charge in [0.1, 0.15) is 12.3 Å². The minimum absolute atomic E-state index is 0.0952. The number of carbonyl (C=O) groups is 1. The van der Waals surface area contributed by atoms with Crippen LogP contribution in [0.5, 0.6) is 17.2 Å². The zero-order valence-electron chi connectivity index (χ0n) is 18.3. The number of rotatable bonds is 8. The van der Waals surface area contributed by atoms with Crippen molar-refractivity contribution < 1.29 is 27.4 Å². The number of benzene rings is 3. The molecule has 1 aliphatic rings. The van der Waals surface area contributed by atoms with E-state index in [0.29, 0.717) is 35.2 Å². The van der Waals surface area contributed by atoms with Crippen molar-refractivity contribution in [2.45, 2.75) is 18.7 Å². The van der Waals surface area contributed by atoms with Gasteiger partial charge in [0.05, 0.1) is 17.2 Å². The van der Waals surface area contributed by atoms with E-state index in [-0.39, 0.29) is 11.7 Å². The van der Waals surface area contributed by atoms with E-state index < -0.39 is 22.5 Å². The van der Waals surface area contributed by atoms with Crippen LogP contribution in [0.4, 0.5) is 11.4 Å². The number of hydrogen-bond acceptors (Lipinski definition) is 6. The van der Waals surface area contributed by atoms with Crippen LogP contribution in [0, 0.1) is 6.92 Å². The van der Waals surface area contributed by atoms with E-state index in [0.717, 1.165) is 9.87 Å². The van der Waals surface area contributed by atoms with Gasteiger partial charge >= 0.3 is 0 Å². The van der Waals surface area contributed by atoms with Crippen molar-refractivity contribution in [3.8, 4) is 17.2 Å². The monoisotopic (exact) mass is 468 g/mol. The first kappa shape index (κ1) is 22.5. The fourth-order valence-electron chi connectivity index (χ4n) is 3.33. The summed E-state index contributed by atoms with van der Waals surface area (Å²) in [6, 6.07) is 18.1. The van der Waals surface area contributed by atoms with E-state index in [9.17, 15) is 13.2 Å². The molecule has 1 N–H and O–H groups in total. The molecule has 0 saturated heterocycles. The molecule has 172 valence electrons. The molecule has 0 aliphatic carbocycles. The zero-order valence-corrected chi connectivity index (χ0v) is 19.1. The number of nitrogens with one attached hydrogen (secondary N) is 1. The van der Waals surface area contributed by atoms with E-state index in [2.05, 4.69) is 5.32 Å². The van der Waals surface area contributed by atoms with Gasteiger partial charge < -0.3 is 19.5 Å². The number of aryl methyl sites for hydroxylation is 1. The van der Waals surface area contributed by atoms with Crippen molar-refractivity contribution in [2.75, 3.05) is 29.6 Å². The van der Waals surface area contributed by atoms with Gasteiger partial charge in [0.25, 0.3) is 10.0 Å². The molecule has 9 heteroatoms. The maximum absolute atomic E-state index is 13.5. The smallest absolute Gasteiger partial charge is 0.264 e. The molecular weight excluding hydrogens is 444 g/mol. The lowest BCUT2D eigenvalue weighted by Crippen LogP contribution is -2.38. The lowest BCUT2D eigenvalue weighted by atomic mass is 10.2. The van der Waals surface area contributed by atoms with Crippen molar-refractivity contribution in [1.82, 2.24) is 0 Å². The number of amides is 1. The second kappa shape index (κ2) is 9.41. The van der Waals surface area contributed by atoms with Crippen molar-refractivity contribution in [3.63, 3.8) is 0 Å². The van der Waals surface area contributed by atoms with Crippen LogP contribution < -0.4 is 23.8 Å². The third kappa shape index (κ3) is 5.04. The lowest BCUT2D eigenvalue weighted by Gasteiger charge is -2.24. The number of fused-ring (bicyclic) bond motifs is 1. The van der Waals surface area contributed by atoms with Gasteiger partial charge in [-0.1, -0.05) is 17.7 Å². The molecule has 0 aromatic heterocycles. The Bertz CT molecular complexity index is 1240. The topological polar surface area (TPSA) is 94.2 Å². The van der Waals surface area contributed by atoms with Crippen LogP contribution in [-0.4, -0.2) is 34.3 Å². The Kier molecular flexibility index (Phi) is 6.41. The summed E-state index contributed by atoms with van der Waals surface area (Å²) in [6.45, 7) is 3.93. The summed E-state index contributed by atoms with van der Waals surface area (Å²) in [5.41, 5.74) is 1.76. The average molecular weight is 469 g/mol. The van der Waals surface area contributed by atoms with Gasteiger partial charge in [0.15, 0.2) is 11.5 Å². The molecule has 1 amide bonds. The number of carbonyl (C=O) groups excluding carboxylic acids is 1. The highest BCUT2D eigenvalue weighted by molar-refractivity contribution is 7.92. The minimum Gasteiger partial charge on any atom is -0.494 e. The molecule has 33 heavy (non-hydrogen) atoms. The minimum atomic E-state index is -4.01. The number of anilines is 2. The van der Waals surface area contributed by atoms with Crippen LogP contribution in [0.3, 0.4) is 0 Å². The molecule has 4 rings (SSSR count). The predicted octanol–water partition coefficient (Wildman–Crippen LogP) is 3.96. The molecular formula is C24H24N2O6S. The molecule has 0 radical (unpaired) electrons. The molecule has 0 unspecified atom stereocenters. The number of ether oxygens (including phenoxy) is 3. The van der Waals surface area contributed by atoms with Crippen LogP contribution in [0.1, 0.15) is 12.5 Å². The maximum atomic E-state index is 13.5. The van der Waals surface area contributed by atoms with Gasteiger partial charge in [-0.2, -0.15) is 0 Å². The van der Waals surface area contributed by atoms with Gasteiger partial charge in [-0.25, -0.2) is 8.42 Å². The van der Waals surface area contributed by atoms with Crippen molar-refractivity contribution in [2.24, 2.45) is 0 Å². The first-order valence-electron chi connectivity index (χ1n) is 10.4. The number of nitrogens with zero attached hydrogens (tertiary/aromatic N) is 1. The summed E-state index contributed by atoms with van der Waals surface area (Å²) >= 11 is 0. The Morgan fingerprint density at radius 1 is 1.00 bits per heavy atom. The molecule has 0 bridgehead atoms. The van der Waals surface area contributed by atoms with Gasteiger partial charge in [0.2, 0.25) is 12.7 Å². The first-order valence-corrected chi connectivity index (χ1v) is 11.8. The molecule has 3 aromatic rings. The number of sulfonamides is 1.